The molecule has 1 atom stereocenters. The predicted molar refractivity (Wildman–Crippen MR) is 70.7 cm³/mol. The van der Waals surface area contributed by atoms with Crippen molar-refractivity contribution in [2.24, 2.45) is 11.8 Å². The molecule has 3 N–H and O–H groups in total. The van der Waals surface area contributed by atoms with Gasteiger partial charge in [-0.1, -0.05) is 41.3 Å². The number of halogens is 2. The molecule has 0 amide bonds. The normalized spacial score (nSPS) is 19.2. The Labute approximate surface area is 110 Å². The van der Waals surface area contributed by atoms with Crippen molar-refractivity contribution < 1.29 is 4.39 Å². The summed E-state index contributed by atoms with van der Waals surface area (Å²) in [6, 6.07) is 4.97. The summed E-state index contributed by atoms with van der Waals surface area (Å²) in [6.07, 6.45) is 5.96. The largest absolute Gasteiger partial charge is 0.271 e. The average molecular weight is 301 g/mol. The molecule has 17 heavy (non-hydrogen) atoms. The topological polar surface area (TPSA) is 38.0 Å². The van der Waals surface area contributed by atoms with Crippen LogP contribution >= 0.6 is 15.9 Å². The monoisotopic (exact) mass is 300 g/mol. The molecular formula is C13H18BrFN2. The summed E-state index contributed by atoms with van der Waals surface area (Å²) in [5.41, 5.74) is 3.47. The summed E-state index contributed by atoms with van der Waals surface area (Å²) in [5, 5.41) is 0. The number of hydrazine groups is 1. The molecule has 94 valence electrons. The van der Waals surface area contributed by atoms with Crippen LogP contribution in [0, 0.1) is 11.7 Å². The van der Waals surface area contributed by atoms with Crippen molar-refractivity contribution in [2.45, 2.75) is 38.1 Å². The van der Waals surface area contributed by atoms with Gasteiger partial charge in [-0.2, -0.15) is 0 Å². The second kappa shape index (κ2) is 5.94. The van der Waals surface area contributed by atoms with Gasteiger partial charge in [-0.3, -0.25) is 11.3 Å². The molecule has 1 aromatic carbocycles. The molecule has 0 aromatic heterocycles. The number of nitrogens with one attached hydrogen (secondary N) is 1. The molecule has 0 aliphatic heterocycles. The molecule has 1 saturated carbocycles. The molecule has 1 unspecified atom stereocenters. The minimum Gasteiger partial charge on any atom is -0.271 e. The molecule has 1 fully saturated rings. The lowest BCUT2D eigenvalue weighted by Gasteiger charge is -2.30. The van der Waals surface area contributed by atoms with E-state index >= 15 is 0 Å². The van der Waals surface area contributed by atoms with Crippen molar-refractivity contribution in [3.63, 3.8) is 0 Å². The van der Waals surface area contributed by atoms with E-state index in [9.17, 15) is 4.39 Å². The fourth-order valence-electron chi connectivity index (χ4n) is 2.73. The molecular weight excluding hydrogens is 283 g/mol. The van der Waals surface area contributed by atoms with E-state index in [1.54, 1.807) is 6.07 Å². The second-order valence-corrected chi connectivity index (χ2v) is 5.53. The summed E-state index contributed by atoms with van der Waals surface area (Å²) >= 11 is 3.42. The Bertz CT molecular complexity index is 357. The van der Waals surface area contributed by atoms with Crippen LogP contribution in [-0.4, -0.2) is 0 Å². The molecule has 2 nitrogen and oxygen atoms in total. The standard InChI is InChI=1S/C13H18BrFN2/c14-10-7-4-8-11(15)12(10)13(17-16)9-5-2-1-3-6-9/h4,7-9,13,17H,1-3,5-6,16H2. The van der Waals surface area contributed by atoms with Crippen LogP contribution in [0.3, 0.4) is 0 Å². The quantitative estimate of drug-likeness (QED) is 0.660. The highest BCUT2D eigenvalue weighted by molar-refractivity contribution is 9.10. The van der Waals surface area contributed by atoms with E-state index in [1.165, 1.54) is 25.3 Å². The fourth-order valence-corrected chi connectivity index (χ4v) is 3.32. The number of nitrogens with two attached hydrogens (primary N) is 1. The fraction of sp³-hybridized carbons (Fsp3) is 0.538. The lowest BCUT2D eigenvalue weighted by molar-refractivity contribution is 0.268. The van der Waals surface area contributed by atoms with Crippen LogP contribution in [0.2, 0.25) is 0 Å². The van der Waals surface area contributed by atoms with E-state index in [2.05, 4.69) is 21.4 Å². The molecule has 4 heteroatoms. The first kappa shape index (κ1) is 13.0. The Morgan fingerprint density at radius 3 is 2.59 bits per heavy atom. The first-order valence-electron chi connectivity index (χ1n) is 6.14. The molecule has 1 aromatic rings. The SMILES string of the molecule is NNC(c1c(F)cccc1Br)C1CCCCC1. The van der Waals surface area contributed by atoms with Gasteiger partial charge in [-0.25, -0.2) is 4.39 Å². The third-order valence-electron chi connectivity index (χ3n) is 3.61. The van der Waals surface area contributed by atoms with Gasteiger partial charge in [0.25, 0.3) is 0 Å². The van der Waals surface area contributed by atoms with Crippen LogP contribution in [0.15, 0.2) is 22.7 Å². The highest BCUT2D eigenvalue weighted by Gasteiger charge is 2.27. The smallest absolute Gasteiger partial charge is 0.129 e. The van der Waals surface area contributed by atoms with Crippen molar-refractivity contribution in [1.29, 1.82) is 0 Å². The number of rotatable bonds is 3. The first-order valence-corrected chi connectivity index (χ1v) is 6.93. The number of hydrogen-bond donors (Lipinski definition) is 2. The molecule has 0 radical (unpaired) electrons. The summed E-state index contributed by atoms with van der Waals surface area (Å²) in [5.74, 6) is 5.88. The van der Waals surface area contributed by atoms with E-state index < -0.39 is 0 Å². The van der Waals surface area contributed by atoms with Crippen LogP contribution in [0.1, 0.15) is 43.7 Å². The van der Waals surface area contributed by atoms with E-state index in [1.807, 2.05) is 6.07 Å². The van der Waals surface area contributed by atoms with Crippen molar-refractivity contribution >= 4 is 15.9 Å². The van der Waals surface area contributed by atoms with E-state index in [0.29, 0.717) is 11.5 Å². The van der Waals surface area contributed by atoms with Gasteiger partial charge < -0.3 is 0 Å². The lowest BCUT2D eigenvalue weighted by atomic mass is 9.81. The van der Waals surface area contributed by atoms with Crippen LogP contribution in [0.5, 0.6) is 0 Å². The number of benzene rings is 1. The molecule has 1 aliphatic rings. The Balaban J connectivity index is 2.27. The van der Waals surface area contributed by atoms with Crippen molar-refractivity contribution in [3.8, 4) is 0 Å². The molecule has 2 rings (SSSR count). The Morgan fingerprint density at radius 2 is 2.00 bits per heavy atom. The van der Waals surface area contributed by atoms with Gasteiger partial charge in [-0.05, 0) is 30.9 Å². The highest BCUT2D eigenvalue weighted by atomic mass is 79.9. The zero-order chi connectivity index (χ0) is 12.3. The zero-order valence-electron chi connectivity index (χ0n) is 9.76. The Hall–Kier alpha value is -0.450. The summed E-state index contributed by atoms with van der Waals surface area (Å²) < 4.78 is 14.7. The minimum atomic E-state index is -0.187. The lowest BCUT2D eigenvalue weighted by Crippen LogP contribution is -2.35. The average Bonchev–Trinajstić information content (AvgIpc) is 2.35. The van der Waals surface area contributed by atoms with Crippen molar-refractivity contribution in [2.75, 3.05) is 0 Å². The van der Waals surface area contributed by atoms with Gasteiger partial charge in [0.15, 0.2) is 0 Å². The second-order valence-electron chi connectivity index (χ2n) is 4.68. The Morgan fingerprint density at radius 1 is 1.29 bits per heavy atom. The third-order valence-corrected chi connectivity index (χ3v) is 4.30. The summed E-state index contributed by atoms with van der Waals surface area (Å²) in [7, 11) is 0. The van der Waals surface area contributed by atoms with Gasteiger partial charge in [-0.15, -0.1) is 0 Å². The van der Waals surface area contributed by atoms with Gasteiger partial charge in [0.1, 0.15) is 5.82 Å². The number of hydrogen-bond acceptors (Lipinski definition) is 2. The van der Waals surface area contributed by atoms with Crippen LogP contribution in [-0.2, 0) is 0 Å². The van der Waals surface area contributed by atoms with Gasteiger partial charge in [0, 0.05) is 10.0 Å². The van der Waals surface area contributed by atoms with Crippen molar-refractivity contribution in [1.82, 2.24) is 5.43 Å². The molecule has 0 heterocycles. The maximum Gasteiger partial charge on any atom is 0.129 e. The molecule has 0 spiro atoms. The van der Waals surface area contributed by atoms with E-state index in [-0.39, 0.29) is 11.9 Å². The van der Waals surface area contributed by atoms with Gasteiger partial charge >= 0.3 is 0 Å². The molecule has 0 bridgehead atoms. The Kier molecular flexibility index (Phi) is 4.54. The third kappa shape index (κ3) is 2.87. The van der Waals surface area contributed by atoms with Crippen LogP contribution in [0.4, 0.5) is 4.39 Å². The predicted octanol–water partition coefficient (Wildman–Crippen LogP) is 3.67. The van der Waals surface area contributed by atoms with E-state index in [4.69, 9.17) is 5.84 Å². The van der Waals surface area contributed by atoms with E-state index in [0.717, 1.165) is 17.3 Å². The highest BCUT2D eigenvalue weighted by Crippen LogP contribution is 2.37. The maximum atomic E-state index is 13.9. The molecule has 1 aliphatic carbocycles. The minimum absolute atomic E-state index is 0.0918. The maximum absolute atomic E-state index is 13.9. The molecule has 0 saturated heterocycles. The van der Waals surface area contributed by atoms with Crippen molar-refractivity contribution in [3.05, 3.63) is 34.1 Å². The zero-order valence-corrected chi connectivity index (χ0v) is 11.3. The first-order chi connectivity index (χ1) is 8.24. The van der Waals surface area contributed by atoms with Gasteiger partial charge in [0.05, 0.1) is 6.04 Å². The summed E-state index contributed by atoms with van der Waals surface area (Å²) in [4.78, 5) is 0. The van der Waals surface area contributed by atoms with Gasteiger partial charge in [0.2, 0.25) is 0 Å². The van der Waals surface area contributed by atoms with Crippen LogP contribution < -0.4 is 11.3 Å². The van der Waals surface area contributed by atoms with Crippen LogP contribution in [0.25, 0.3) is 0 Å². The summed E-state index contributed by atoms with van der Waals surface area (Å²) in [6.45, 7) is 0.